The molecule has 100 valence electrons. The monoisotopic (exact) mass is 237 g/mol. The van der Waals surface area contributed by atoms with Gasteiger partial charge in [0.1, 0.15) is 0 Å². The van der Waals surface area contributed by atoms with Crippen molar-refractivity contribution in [2.24, 2.45) is 28.6 Å². The molecule has 2 atom stereocenters. The molecule has 17 heavy (non-hydrogen) atoms. The largest absolute Gasteiger partial charge is 0.344 e. The highest BCUT2D eigenvalue weighted by Crippen LogP contribution is 2.69. The molecule has 4 fully saturated rings. The summed E-state index contributed by atoms with van der Waals surface area (Å²) in [5.74, 6) is 3.29. The molecule has 0 aliphatic heterocycles. The third kappa shape index (κ3) is 1.77. The van der Waals surface area contributed by atoms with Gasteiger partial charge in [0.15, 0.2) is 0 Å². The zero-order chi connectivity index (χ0) is 11.4. The first kappa shape index (κ1) is 13.4. The maximum atomic E-state index is 2.60. The molecular formula is C16H31N. The summed E-state index contributed by atoms with van der Waals surface area (Å²) in [4.78, 5) is 0. The summed E-state index contributed by atoms with van der Waals surface area (Å²) in [5, 5.41) is 0. The Balaban J connectivity index is 0.00000108. The highest BCUT2D eigenvalue weighted by molar-refractivity contribution is 5.10. The minimum atomic E-state index is 0. The predicted octanol–water partition coefficient (Wildman–Crippen LogP) is 5.19. The van der Waals surface area contributed by atoms with Crippen LogP contribution in [-0.2, 0) is 0 Å². The molecule has 4 aliphatic carbocycles. The van der Waals surface area contributed by atoms with Crippen LogP contribution >= 0.6 is 0 Å². The number of hydrogen-bond donors (Lipinski definition) is 1. The van der Waals surface area contributed by atoms with E-state index in [-0.39, 0.29) is 6.15 Å². The lowest BCUT2D eigenvalue weighted by Crippen LogP contribution is -2.57. The van der Waals surface area contributed by atoms with E-state index in [1.54, 1.807) is 32.1 Å². The zero-order valence-corrected chi connectivity index (χ0v) is 12.1. The molecule has 0 amide bonds. The first-order valence-corrected chi connectivity index (χ1v) is 7.57. The highest BCUT2D eigenvalue weighted by atomic mass is 14.6. The molecule has 0 saturated heterocycles. The second-order valence-electron chi connectivity index (χ2n) is 7.65. The summed E-state index contributed by atoms with van der Waals surface area (Å²) in [7, 11) is 0. The van der Waals surface area contributed by atoms with Crippen LogP contribution in [0.15, 0.2) is 0 Å². The van der Waals surface area contributed by atoms with Gasteiger partial charge in [0.25, 0.3) is 0 Å². The lowest BCUT2D eigenvalue weighted by atomic mass is 9.39. The standard InChI is InChI=1S/C16H28.H3N/c1-4-5-6-16-10-12-7-13(11-16)9-14(8-12)15(16,2)3;/h12-14H,4-11H2,1-3H3;1H3. The van der Waals surface area contributed by atoms with Gasteiger partial charge in [-0.25, -0.2) is 0 Å². The molecule has 0 aromatic heterocycles. The Bertz CT molecular complexity index is 267. The quantitative estimate of drug-likeness (QED) is 0.720. The topological polar surface area (TPSA) is 35.0 Å². The lowest BCUT2D eigenvalue weighted by molar-refractivity contribution is -0.164. The van der Waals surface area contributed by atoms with Crippen molar-refractivity contribution in [2.75, 3.05) is 0 Å². The van der Waals surface area contributed by atoms with Crippen molar-refractivity contribution in [3.63, 3.8) is 0 Å². The Morgan fingerprint density at radius 1 is 1.00 bits per heavy atom. The second kappa shape index (κ2) is 4.26. The Labute approximate surface area is 107 Å². The average molecular weight is 237 g/mol. The van der Waals surface area contributed by atoms with Gasteiger partial charge in [-0.05, 0) is 67.1 Å². The normalized spacial score (nSPS) is 45.7. The lowest BCUT2D eigenvalue weighted by Gasteiger charge is -2.66. The van der Waals surface area contributed by atoms with Crippen molar-refractivity contribution >= 4 is 0 Å². The van der Waals surface area contributed by atoms with Gasteiger partial charge in [-0.3, -0.25) is 0 Å². The van der Waals surface area contributed by atoms with E-state index in [1.807, 2.05) is 0 Å². The highest BCUT2D eigenvalue weighted by Gasteiger charge is 2.60. The maximum Gasteiger partial charge on any atom is -0.0238 e. The Hall–Kier alpha value is -0.0400. The molecule has 1 nitrogen and oxygen atoms in total. The molecule has 0 heterocycles. The van der Waals surface area contributed by atoms with Gasteiger partial charge in [0.05, 0.1) is 0 Å². The first-order valence-electron chi connectivity index (χ1n) is 7.57. The van der Waals surface area contributed by atoms with Crippen LogP contribution in [0.3, 0.4) is 0 Å². The van der Waals surface area contributed by atoms with Crippen molar-refractivity contribution in [3.8, 4) is 0 Å². The van der Waals surface area contributed by atoms with E-state index < -0.39 is 0 Å². The predicted molar refractivity (Wildman–Crippen MR) is 74.3 cm³/mol. The minimum Gasteiger partial charge on any atom is -0.344 e. The Morgan fingerprint density at radius 3 is 2.12 bits per heavy atom. The fraction of sp³-hybridized carbons (Fsp3) is 1.00. The van der Waals surface area contributed by atoms with Crippen molar-refractivity contribution in [1.82, 2.24) is 6.15 Å². The van der Waals surface area contributed by atoms with Crippen LogP contribution < -0.4 is 6.15 Å². The van der Waals surface area contributed by atoms with E-state index >= 15 is 0 Å². The molecule has 0 aromatic rings. The van der Waals surface area contributed by atoms with Crippen LogP contribution in [0.4, 0.5) is 0 Å². The van der Waals surface area contributed by atoms with Crippen molar-refractivity contribution in [1.29, 1.82) is 0 Å². The second-order valence-corrected chi connectivity index (χ2v) is 7.65. The molecule has 4 bridgehead atoms. The van der Waals surface area contributed by atoms with E-state index in [2.05, 4.69) is 20.8 Å². The summed E-state index contributed by atoms with van der Waals surface area (Å²) in [6.45, 7) is 7.56. The van der Waals surface area contributed by atoms with Gasteiger partial charge in [-0.1, -0.05) is 33.6 Å². The van der Waals surface area contributed by atoms with Gasteiger partial charge in [-0.2, -0.15) is 0 Å². The van der Waals surface area contributed by atoms with Crippen LogP contribution in [0.1, 0.15) is 72.1 Å². The van der Waals surface area contributed by atoms with E-state index in [9.17, 15) is 0 Å². The third-order valence-corrected chi connectivity index (χ3v) is 6.66. The molecule has 4 saturated carbocycles. The van der Waals surface area contributed by atoms with Gasteiger partial charge < -0.3 is 6.15 Å². The summed E-state index contributed by atoms with van der Waals surface area (Å²) in [5.41, 5.74) is 1.40. The van der Waals surface area contributed by atoms with Crippen LogP contribution in [0.5, 0.6) is 0 Å². The fourth-order valence-corrected chi connectivity index (χ4v) is 5.68. The maximum absolute atomic E-state index is 2.60. The molecular weight excluding hydrogens is 206 g/mol. The molecule has 4 rings (SSSR count). The molecule has 4 aliphatic rings. The van der Waals surface area contributed by atoms with Crippen LogP contribution in [0.2, 0.25) is 0 Å². The fourth-order valence-electron chi connectivity index (χ4n) is 5.68. The third-order valence-electron chi connectivity index (χ3n) is 6.66. The van der Waals surface area contributed by atoms with E-state index in [0.29, 0.717) is 5.41 Å². The molecule has 3 N–H and O–H groups in total. The van der Waals surface area contributed by atoms with E-state index in [0.717, 1.165) is 23.2 Å². The summed E-state index contributed by atoms with van der Waals surface area (Å²) in [6.07, 6.45) is 12.3. The molecule has 0 radical (unpaired) electrons. The summed E-state index contributed by atoms with van der Waals surface area (Å²) in [6, 6.07) is 0. The molecule has 1 heteroatoms. The van der Waals surface area contributed by atoms with Crippen LogP contribution in [-0.4, -0.2) is 0 Å². The minimum absolute atomic E-state index is 0. The van der Waals surface area contributed by atoms with Crippen LogP contribution in [0, 0.1) is 28.6 Å². The Kier molecular flexibility index (Phi) is 3.36. The van der Waals surface area contributed by atoms with E-state index in [1.165, 1.54) is 19.3 Å². The first-order chi connectivity index (χ1) is 7.57. The molecule has 0 aromatic carbocycles. The van der Waals surface area contributed by atoms with Gasteiger partial charge in [0, 0.05) is 0 Å². The van der Waals surface area contributed by atoms with Gasteiger partial charge >= 0.3 is 0 Å². The summed E-state index contributed by atoms with van der Waals surface area (Å²) >= 11 is 0. The number of rotatable bonds is 3. The Morgan fingerprint density at radius 2 is 1.59 bits per heavy atom. The molecule has 2 unspecified atom stereocenters. The van der Waals surface area contributed by atoms with Gasteiger partial charge in [0.2, 0.25) is 0 Å². The smallest absolute Gasteiger partial charge is 0.0238 e. The zero-order valence-electron chi connectivity index (χ0n) is 12.1. The number of hydrogen-bond acceptors (Lipinski definition) is 1. The van der Waals surface area contributed by atoms with Crippen molar-refractivity contribution < 1.29 is 0 Å². The average Bonchev–Trinajstić information content (AvgIpc) is 2.23. The van der Waals surface area contributed by atoms with Gasteiger partial charge in [-0.15, -0.1) is 0 Å². The van der Waals surface area contributed by atoms with E-state index in [4.69, 9.17) is 0 Å². The SMILES string of the molecule is CCCCC12CC3CC(CC(C3)C1(C)C)C2.N. The number of unbranched alkanes of at least 4 members (excludes halogenated alkanes) is 1. The summed E-state index contributed by atoms with van der Waals surface area (Å²) < 4.78 is 0. The molecule has 0 spiro atoms. The van der Waals surface area contributed by atoms with Crippen molar-refractivity contribution in [3.05, 3.63) is 0 Å². The van der Waals surface area contributed by atoms with Crippen molar-refractivity contribution in [2.45, 2.75) is 72.1 Å². The van der Waals surface area contributed by atoms with Crippen LogP contribution in [0.25, 0.3) is 0 Å².